The maximum absolute atomic E-state index is 12.2. The van der Waals surface area contributed by atoms with E-state index < -0.39 is 0 Å². The summed E-state index contributed by atoms with van der Waals surface area (Å²) in [4.78, 5) is 20.8. The van der Waals surface area contributed by atoms with Crippen LogP contribution in [0, 0.1) is 0 Å². The van der Waals surface area contributed by atoms with Gasteiger partial charge >= 0.3 is 0 Å². The molecule has 1 saturated heterocycles. The zero-order chi connectivity index (χ0) is 15.1. The molecule has 1 fully saturated rings. The number of carbonyl (C=O) groups excluding carboxylic acids is 1. The first-order valence-corrected chi connectivity index (χ1v) is 7.83. The Morgan fingerprint density at radius 2 is 1.87 bits per heavy atom. The third-order valence-electron chi connectivity index (χ3n) is 3.97. The van der Waals surface area contributed by atoms with Crippen molar-refractivity contribution in [1.29, 1.82) is 0 Å². The van der Waals surface area contributed by atoms with E-state index in [4.69, 9.17) is 0 Å². The molecule has 1 N–H and O–H groups in total. The van der Waals surface area contributed by atoms with Gasteiger partial charge in [-0.25, -0.2) is 4.98 Å². The van der Waals surface area contributed by atoms with Crippen molar-refractivity contribution in [3.8, 4) is 0 Å². The van der Waals surface area contributed by atoms with Crippen LogP contribution in [0.4, 0.5) is 5.82 Å². The highest BCUT2D eigenvalue weighted by molar-refractivity contribution is 5.93. The van der Waals surface area contributed by atoms with Crippen molar-refractivity contribution in [2.45, 2.75) is 25.7 Å². The standard InChI is InChI=1S/C16H26N4O.2ClH/c1-17-9-12-19(2)16(21)14-7-8-15(18-13-14)20-10-5-3-4-6-11-20;;/h7-8,13,17H,3-6,9-12H2,1-2H3;2*1H. The van der Waals surface area contributed by atoms with Crippen molar-refractivity contribution in [2.75, 3.05) is 45.2 Å². The van der Waals surface area contributed by atoms with Gasteiger partial charge in [0.05, 0.1) is 5.56 Å². The highest BCUT2D eigenvalue weighted by atomic mass is 35.5. The van der Waals surface area contributed by atoms with Gasteiger partial charge in [-0.15, -0.1) is 24.8 Å². The van der Waals surface area contributed by atoms with Gasteiger partial charge in [-0.3, -0.25) is 4.79 Å². The molecule has 0 spiro atoms. The van der Waals surface area contributed by atoms with Crippen molar-refractivity contribution >= 4 is 36.5 Å². The molecule has 0 aliphatic carbocycles. The van der Waals surface area contributed by atoms with E-state index in [-0.39, 0.29) is 30.7 Å². The molecular weight excluding hydrogens is 335 g/mol. The summed E-state index contributed by atoms with van der Waals surface area (Å²) in [6, 6.07) is 3.87. The Hall–Kier alpha value is -1.04. The van der Waals surface area contributed by atoms with Crippen LogP contribution in [-0.2, 0) is 0 Å². The highest BCUT2D eigenvalue weighted by Crippen LogP contribution is 2.17. The average molecular weight is 363 g/mol. The first-order valence-electron chi connectivity index (χ1n) is 7.83. The molecule has 1 aliphatic rings. The number of halogens is 2. The van der Waals surface area contributed by atoms with E-state index in [9.17, 15) is 4.79 Å². The number of anilines is 1. The van der Waals surface area contributed by atoms with Crippen molar-refractivity contribution < 1.29 is 4.79 Å². The van der Waals surface area contributed by atoms with Crippen molar-refractivity contribution in [3.63, 3.8) is 0 Å². The molecule has 2 rings (SSSR count). The second-order valence-electron chi connectivity index (χ2n) is 5.64. The lowest BCUT2D eigenvalue weighted by Crippen LogP contribution is -2.33. The van der Waals surface area contributed by atoms with E-state index in [1.54, 1.807) is 11.1 Å². The fourth-order valence-corrected chi connectivity index (χ4v) is 2.60. The largest absolute Gasteiger partial charge is 0.357 e. The molecule has 0 saturated carbocycles. The van der Waals surface area contributed by atoms with Gasteiger partial charge in [-0.2, -0.15) is 0 Å². The van der Waals surface area contributed by atoms with Crippen LogP contribution in [-0.4, -0.2) is 56.1 Å². The Kier molecular flexibility index (Phi) is 11.0. The number of carbonyl (C=O) groups is 1. The van der Waals surface area contributed by atoms with Gasteiger partial charge in [0.25, 0.3) is 5.91 Å². The Balaban J connectivity index is 0.00000242. The van der Waals surface area contributed by atoms with Gasteiger partial charge in [-0.05, 0) is 32.0 Å². The van der Waals surface area contributed by atoms with E-state index in [1.165, 1.54) is 25.7 Å². The molecule has 1 aliphatic heterocycles. The smallest absolute Gasteiger partial charge is 0.255 e. The zero-order valence-corrected chi connectivity index (χ0v) is 15.6. The fourth-order valence-electron chi connectivity index (χ4n) is 2.60. The third kappa shape index (κ3) is 6.53. The molecule has 7 heteroatoms. The fraction of sp³-hybridized carbons (Fsp3) is 0.625. The van der Waals surface area contributed by atoms with E-state index in [1.807, 2.05) is 26.2 Å². The van der Waals surface area contributed by atoms with Crippen molar-refractivity contribution in [2.24, 2.45) is 0 Å². The van der Waals surface area contributed by atoms with Crippen LogP contribution in [0.25, 0.3) is 0 Å². The van der Waals surface area contributed by atoms with Crippen LogP contribution in [0.2, 0.25) is 0 Å². The molecule has 1 amide bonds. The molecule has 132 valence electrons. The Morgan fingerprint density at radius 3 is 2.39 bits per heavy atom. The maximum Gasteiger partial charge on any atom is 0.255 e. The third-order valence-corrected chi connectivity index (χ3v) is 3.97. The lowest BCUT2D eigenvalue weighted by atomic mass is 10.2. The first kappa shape index (κ1) is 22.0. The van der Waals surface area contributed by atoms with Crippen LogP contribution in [0.1, 0.15) is 36.0 Å². The predicted octanol–water partition coefficient (Wildman–Crippen LogP) is 2.60. The SMILES string of the molecule is CNCCN(C)C(=O)c1ccc(N2CCCCCC2)nc1.Cl.Cl. The number of nitrogens with zero attached hydrogens (tertiary/aromatic N) is 3. The number of hydrogen-bond acceptors (Lipinski definition) is 4. The molecule has 0 bridgehead atoms. The maximum atomic E-state index is 12.2. The first-order chi connectivity index (χ1) is 10.2. The summed E-state index contributed by atoms with van der Waals surface area (Å²) < 4.78 is 0. The van der Waals surface area contributed by atoms with Crippen LogP contribution in [0.5, 0.6) is 0 Å². The number of rotatable bonds is 5. The summed E-state index contributed by atoms with van der Waals surface area (Å²) >= 11 is 0. The quantitative estimate of drug-likeness (QED) is 0.874. The van der Waals surface area contributed by atoms with Crippen molar-refractivity contribution in [3.05, 3.63) is 23.9 Å². The van der Waals surface area contributed by atoms with E-state index >= 15 is 0 Å². The molecule has 1 aromatic rings. The van der Waals surface area contributed by atoms with E-state index in [2.05, 4.69) is 15.2 Å². The summed E-state index contributed by atoms with van der Waals surface area (Å²) in [6.45, 7) is 3.63. The molecule has 0 radical (unpaired) electrons. The van der Waals surface area contributed by atoms with E-state index in [0.29, 0.717) is 12.1 Å². The molecule has 1 aromatic heterocycles. The lowest BCUT2D eigenvalue weighted by Gasteiger charge is -2.22. The highest BCUT2D eigenvalue weighted by Gasteiger charge is 2.14. The van der Waals surface area contributed by atoms with Gasteiger partial charge in [0.1, 0.15) is 5.82 Å². The summed E-state index contributed by atoms with van der Waals surface area (Å²) in [7, 11) is 3.71. The molecule has 5 nitrogen and oxygen atoms in total. The number of pyridine rings is 1. The number of aromatic nitrogens is 1. The molecule has 0 atom stereocenters. The summed E-state index contributed by atoms with van der Waals surface area (Å²) in [6.07, 6.45) is 6.79. The topological polar surface area (TPSA) is 48.5 Å². The van der Waals surface area contributed by atoms with Crippen LogP contribution >= 0.6 is 24.8 Å². The minimum Gasteiger partial charge on any atom is -0.357 e. The van der Waals surface area contributed by atoms with Crippen LogP contribution in [0.15, 0.2) is 18.3 Å². The summed E-state index contributed by atoms with van der Waals surface area (Å²) in [5.41, 5.74) is 0.659. The Bertz CT molecular complexity index is 448. The monoisotopic (exact) mass is 362 g/mol. The van der Waals surface area contributed by atoms with Gasteiger partial charge in [-0.1, -0.05) is 12.8 Å². The number of amides is 1. The average Bonchev–Trinajstić information content (AvgIpc) is 2.81. The predicted molar refractivity (Wildman–Crippen MR) is 100 cm³/mol. The molecule has 0 unspecified atom stereocenters. The van der Waals surface area contributed by atoms with Gasteiger partial charge in [0.2, 0.25) is 0 Å². The van der Waals surface area contributed by atoms with Crippen molar-refractivity contribution in [1.82, 2.24) is 15.2 Å². The van der Waals surface area contributed by atoms with Gasteiger partial charge in [0, 0.05) is 39.4 Å². The number of nitrogens with one attached hydrogen (secondary N) is 1. The van der Waals surface area contributed by atoms with Crippen LogP contribution < -0.4 is 10.2 Å². The lowest BCUT2D eigenvalue weighted by molar-refractivity contribution is 0.0796. The number of likely N-dealkylation sites (N-methyl/N-ethyl adjacent to an activating group) is 2. The summed E-state index contributed by atoms with van der Waals surface area (Å²) in [5, 5.41) is 3.05. The van der Waals surface area contributed by atoms with Gasteiger partial charge in [0.15, 0.2) is 0 Å². The summed E-state index contributed by atoms with van der Waals surface area (Å²) in [5.74, 6) is 1.02. The van der Waals surface area contributed by atoms with E-state index in [0.717, 1.165) is 25.5 Å². The normalized spacial score (nSPS) is 14.3. The zero-order valence-electron chi connectivity index (χ0n) is 14.0. The van der Waals surface area contributed by atoms with Gasteiger partial charge < -0.3 is 15.1 Å². The second kappa shape index (κ2) is 11.5. The second-order valence-corrected chi connectivity index (χ2v) is 5.64. The molecular formula is C16H28Cl2N4O. The molecule has 2 heterocycles. The number of hydrogen-bond donors (Lipinski definition) is 1. The Morgan fingerprint density at radius 1 is 1.22 bits per heavy atom. The Labute approximate surface area is 151 Å². The van der Waals surface area contributed by atoms with Crippen LogP contribution in [0.3, 0.4) is 0 Å². The minimum absolute atomic E-state index is 0. The minimum atomic E-state index is 0. The molecule has 0 aromatic carbocycles. The molecule has 23 heavy (non-hydrogen) atoms.